The number of aliphatic hydroxyl groups is 1. The summed E-state index contributed by atoms with van der Waals surface area (Å²) in [6.45, 7) is 4.25. The highest BCUT2D eigenvalue weighted by Crippen LogP contribution is 2.20. The quantitative estimate of drug-likeness (QED) is 0.785. The Kier molecular flexibility index (Phi) is 4.53. The molecule has 0 saturated heterocycles. The molecule has 0 atom stereocenters. The minimum absolute atomic E-state index is 0.105. The van der Waals surface area contributed by atoms with Crippen molar-refractivity contribution in [3.63, 3.8) is 0 Å². The van der Waals surface area contributed by atoms with Crippen LogP contribution in [0.15, 0.2) is 54.6 Å². The van der Waals surface area contributed by atoms with Crippen LogP contribution in [0.3, 0.4) is 0 Å². The van der Waals surface area contributed by atoms with E-state index >= 15 is 0 Å². The van der Waals surface area contributed by atoms with E-state index in [-0.39, 0.29) is 6.61 Å². The highest BCUT2D eigenvalue weighted by Gasteiger charge is 2.14. The number of hydrogen-bond donors (Lipinski definition) is 1. The van der Waals surface area contributed by atoms with Gasteiger partial charge in [-0.3, -0.25) is 0 Å². The molecular weight excluding hydrogens is 286 g/mol. The number of rotatable bonds is 5. The van der Waals surface area contributed by atoms with E-state index in [2.05, 4.69) is 60.6 Å². The Bertz CT molecular complexity index is 761. The van der Waals surface area contributed by atoms with Crippen molar-refractivity contribution in [1.82, 2.24) is 15.0 Å². The van der Waals surface area contributed by atoms with Gasteiger partial charge in [0.05, 0.1) is 18.0 Å². The Morgan fingerprint density at radius 1 is 1.00 bits per heavy atom. The van der Waals surface area contributed by atoms with Crippen molar-refractivity contribution in [2.45, 2.75) is 32.8 Å². The van der Waals surface area contributed by atoms with Gasteiger partial charge in [0, 0.05) is 6.42 Å². The molecule has 3 rings (SSSR count). The first-order chi connectivity index (χ1) is 11.2. The molecule has 0 unspecified atom stereocenters. The maximum atomic E-state index is 9.56. The van der Waals surface area contributed by atoms with Crippen molar-refractivity contribution < 1.29 is 5.11 Å². The van der Waals surface area contributed by atoms with Gasteiger partial charge in [-0.25, -0.2) is 4.68 Å². The first-order valence-electron chi connectivity index (χ1n) is 7.87. The van der Waals surface area contributed by atoms with Crippen molar-refractivity contribution in [3.8, 4) is 5.69 Å². The molecule has 0 aliphatic rings. The van der Waals surface area contributed by atoms with Crippen molar-refractivity contribution in [3.05, 3.63) is 77.1 Å². The van der Waals surface area contributed by atoms with Crippen molar-refractivity contribution in [2.24, 2.45) is 0 Å². The highest BCUT2D eigenvalue weighted by atomic mass is 16.3. The minimum atomic E-state index is -0.105. The first-order valence-corrected chi connectivity index (χ1v) is 7.87. The molecule has 0 spiro atoms. The van der Waals surface area contributed by atoms with Gasteiger partial charge in [-0.1, -0.05) is 61.5 Å². The molecule has 0 amide bonds. The maximum absolute atomic E-state index is 9.56. The molecule has 3 aromatic rings. The van der Waals surface area contributed by atoms with E-state index in [1.165, 1.54) is 11.1 Å². The van der Waals surface area contributed by atoms with Gasteiger partial charge in [-0.15, -0.1) is 5.10 Å². The molecule has 23 heavy (non-hydrogen) atoms. The lowest BCUT2D eigenvalue weighted by Gasteiger charge is -2.10. The monoisotopic (exact) mass is 307 g/mol. The smallest absolute Gasteiger partial charge is 0.112 e. The first kappa shape index (κ1) is 15.4. The van der Waals surface area contributed by atoms with E-state index in [0.717, 1.165) is 11.4 Å². The minimum Gasteiger partial charge on any atom is -0.390 e. The molecule has 1 N–H and O–H groups in total. The van der Waals surface area contributed by atoms with Crippen molar-refractivity contribution in [1.29, 1.82) is 0 Å². The largest absolute Gasteiger partial charge is 0.390 e. The van der Waals surface area contributed by atoms with E-state index in [9.17, 15) is 5.11 Å². The summed E-state index contributed by atoms with van der Waals surface area (Å²) < 4.78 is 1.82. The van der Waals surface area contributed by atoms with Gasteiger partial charge < -0.3 is 5.11 Å². The molecule has 0 fully saturated rings. The van der Waals surface area contributed by atoms with E-state index in [1.54, 1.807) is 0 Å². The van der Waals surface area contributed by atoms with Crippen LogP contribution in [-0.2, 0) is 13.0 Å². The van der Waals surface area contributed by atoms with Crippen LogP contribution in [0.5, 0.6) is 0 Å². The zero-order chi connectivity index (χ0) is 16.2. The van der Waals surface area contributed by atoms with Crippen LogP contribution in [-0.4, -0.2) is 20.1 Å². The summed E-state index contributed by atoms with van der Waals surface area (Å²) in [6.07, 6.45) is 0.690. The van der Waals surface area contributed by atoms with Crippen LogP contribution in [0, 0.1) is 0 Å². The second kappa shape index (κ2) is 6.75. The van der Waals surface area contributed by atoms with Gasteiger partial charge in [0.15, 0.2) is 0 Å². The fourth-order valence-electron chi connectivity index (χ4n) is 2.63. The number of aromatic nitrogens is 3. The van der Waals surface area contributed by atoms with Crippen LogP contribution in [0.2, 0.25) is 0 Å². The molecule has 0 aliphatic heterocycles. The zero-order valence-corrected chi connectivity index (χ0v) is 13.5. The topological polar surface area (TPSA) is 50.9 Å². The molecule has 4 heteroatoms. The summed E-state index contributed by atoms with van der Waals surface area (Å²) in [5.41, 5.74) is 4.98. The summed E-state index contributed by atoms with van der Waals surface area (Å²) in [5.74, 6) is 0.497. The Morgan fingerprint density at radius 3 is 2.30 bits per heavy atom. The lowest BCUT2D eigenvalue weighted by molar-refractivity contribution is 0.275. The Labute approximate surface area is 136 Å². The van der Waals surface area contributed by atoms with Gasteiger partial charge in [0.1, 0.15) is 5.69 Å². The molecule has 0 bridgehead atoms. The summed E-state index contributed by atoms with van der Waals surface area (Å²) in [5, 5.41) is 17.9. The van der Waals surface area contributed by atoms with Crippen LogP contribution in [0.1, 0.15) is 42.3 Å². The Morgan fingerprint density at radius 2 is 1.70 bits per heavy atom. The van der Waals surface area contributed by atoms with E-state index in [0.29, 0.717) is 18.0 Å². The summed E-state index contributed by atoms with van der Waals surface area (Å²) in [6, 6.07) is 18.5. The van der Waals surface area contributed by atoms with Crippen LogP contribution in [0.25, 0.3) is 5.69 Å². The Balaban J connectivity index is 1.97. The predicted molar refractivity (Wildman–Crippen MR) is 90.6 cm³/mol. The zero-order valence-electron chi connectivity index (χ0n) is 13.5. The van der Waals surface area contributed by atoms with Gasteiger partial charge in [0.2, 0.25) is 0 Å². The van der Waals surface area contributed by atoms with Gasteiger partial charge in [0.25, 0.3) is 0 Å². The maximum Gasteiger partial charge on any atom is 0.112 e. The molecule has 1 aromatic heterocycles. The number of benzene rings is 2. The van der Waals surface area contributed by atoms with Gasteiger partial charge in [-0.05, 0) is 29.2 Å². The van der Waals surface area contributed by atoms with Gasteiger partial charge >= 0.3 is 0 Å². The Hall–Kier alpha value is -2.46. The fourth-order valence-corrected chi connectivity index (χ4v) is 2.63. The summed E-state index contributed by atoms with van der Waals surface area (Å²) >= 11 is 0. The summed E-state index contributed by atoms with van der Waals surface area (Å²) in [4.78, 5) is 0. The highest BCUT2D eigenvalue weighted by molar-refractivity contribution is 5.38. The molecular formula is C19H21N3O. The third-order valence-electron chi connectivity index (χ3n) is 4.01. The second-order valence-electron chi connectivity index (χ2n) is 5.96. The molecule has 0 aliphatic carbocycles. The third kappa shape index (κ3) is 3.32. The molecule has 2 aromatic carbocycles. The molecule has 0 saturated carbocycles. The SMILES string of the molecule is CC(C)c1ccc(-n2nnc(CO)c2Cc2ccccc2)cc1. The van der Waals surface area contributed by atoms with Crippen LogP contribution >= 0.6 is 0 Å². The number of hydrogen-bond acceptors (Lipinski definition) is 3. The predicted octanol–water partition coefficient (Wildman–Crippen LogP) is 3.47. The lowest BCUT2D eigenvalue weighted by atomic mass is 10.0. The molecule has 118 valence electrons. The van der Waals surface area contributed by atoms with E-state index < -0.39 is 0 Å². The third-order valence-corrected chi connectivity index (χ3v) is 4.01. The van der Waals surface area contributed by atoms with Crippen molar-refractivity contribution in [2.75, 3.05) is 0 Å². The molecule has 0 radical (unpaired) electrons. The normalized spacial score (nSPS) is 11.1. The fraction of sp³-hybridized carbons (Fsp3) is 0.263. The average molecular weight is 307 g/mol. The van der Waals surface area contributed by atoms with Gasteiger partial charge in [-0.2, -0.15) is 0 Å². The number of aliphatic hydroxyl groups excluding tert-OH is 1. The molecule has 1 heterocycles. The van der Waals surface area contributed by atoms with E-state index in [1.807, 2.05) is 22.9 Å². The van der Waals surface area contributed by atoms with Crippen molar-refractivity contribution >= 4 is 0 Å². The summed E-state index contributed by atoms with van der Waals surface area (Å²) in [7, 11) is 0. The second-order valence-corrected chi connectivity index (χ2v) is 5.96. The average Bonchev–Trinajstić information content (AvgIpc) is 2.98. The standard InChI is InChI=1S/C19H21N3O/c1-14(2)16-8-10-17(11-9-16)22-19(18(13-23)20-21-22)12-15-6-4-3-5-7-15/h3-11,14,23H,12-13H2,1-2H3. The molecule has 4 nitrogen and oxygen atoms in total. The van der Waals surface area contributed by atoms with E-state index in [4.69, 9.17) is 0 Å². The number of nitrogens with zero attached hydrogens (tertiary/aromatic N) is 3. The van der Waals surface area contributed by atoms with Crippen LogP contribution < -0.4 is 0 Å². The lowest BCUT2D eigenvalue weighted by Crippen LogP contribution is -2.05. The van der Waals surface area contributed by atoms with Crippen LogP contribution in [0.4, 0.5) is 0 Å².